The van der Waals surface area contributed by atoms with Gasteiger partial charge >= 0.3 is 0 Å². The van der Waals surface area contributed by atoms with Crippen molar-refractivity contribution in [3.05, 3.63) is 11.6 Å². The third-order valence-electron chi connectivity index (χ3n) is 7.65. The predicted molar refractivity (Wildman–Crippen MR) is 95.7 cm³/mol. The number of rotatable bonds is 3. The number of primary amides is 1. The molecule has 0 aromatic carbocycles. The summed E-state index contributed by atoms with van der Waals surface area (Å²) < 4.78 is 0. The summed E-state index contributed by atoms with van der Waals surface area (Å²) in [6, 6.07) is 0. The molecule has 0 spiro atoms. The average molecular weight is 346 g/mol. The molecule has 6 atom stereocenters. The second kappa shape index (κ2) is 6.42. The Morgan fingerprint density at radius 3 is 2.92 bits per heavy atom. The summed E-state index contributed by atoms with van der Waals surface area (Å²) in [7, 11) is 0. The Morgan fingerprint density at radius 2 is 2.12 bits per heavy atom. The highest BCUT2D eigenvalue weighted by atomic mass is 16.6. The Kier molecular flexibility index (Phi) is 4.38. The van der Waals surface area contributed by atoms with Crippen LogP contribution in [-0.4, -0.2) is 29.4 Å². The lowest BCUT2D eigenvalue weighted by Gasteiger charge is -2.53. The molecule has 0 bridgehead atoms. The Labute approximate surface area is 149 Å². The topological polar surface area (TPSA) is 84.9 Å². The van der Waals surface area contributed by atoms with Crippen LogP contribution < -0.4 is 5.73 Å². The molecule has 3 fully saturated rings. The van der Waals surface area contributed by atoms with E-state index in [1.165, 1.54) is 31.3 Å². The van der Waals surface area contributed by atoms with Gasteiger partial charge in [-0.25, -0.2) is 0 Å². The summed E-state index contributed by atoms with van der Waals surface area (Å²) in [5.41, 5.74) is 7.71. The van der Waals surface area contributed by atoms with Crippen LogP contribution in [0, 0.1) is 29.1 Å². The Hall–Kier alpha value is -1.36. The second-order valence-corrected chi connectivity index (χ2v) is 8.80. The van der Waals surface area contributed by atoms with E-state index in [9.17, 15) is 9.90 Å². The van der Waals surface area contributed by atoms with Gasteiger partial charge in [0.25, 0.3) is 5.91 Å². The number of allylic oxidation sites excluding steroid dienone is 2. The largest absolute Gasteiger partial charge is 0.393 e. The Bertz CT molecular complexity index is 614. The summed E-state index contributed by atoms with van der Waals surface area (Å²) in [4.78, 5) is 15.8. The van der Waals surface area contributed by atoms with E-state index in [0.717, 1.165) is 43.2 Å². The van der Waals surface area contributed by atoms with Crippen LogP contribution in [0.3, 0.4) is 0 Å². The van der Waals surface area contributed by atoms with Gasteiger partial charge in [-0.1, -0.05) is 17.7 Å². The maximum Gasteiger partial charge on any atom is 0.258 e. The van der Waals surface area contributed by atoms with E-state index in [0.29, 0.717) is 11.8 Å². The van der Waals surface area contributed by atoms with Gasteiger partial charge in [0.1, 0.15) is 0 Å². The van der Waals surface area contributed by atoms with Crippen molar-refractivity contribution in [3.8, 4) is 0 Å². The van der Waals surface area contributed by atoms with Crippen LogP contribution in [0.5, 0.6) is 0 Å². The highest BCUT2D eigenvalue weighted by Gasteiger charge is 2.55. The maximum absolute atomic E-state index is 10.8. The molecule has 0 radical (unpaired) electrons. The Morgan fingerprint density at radius 1 is 1.28 bits per heavy atom. The SMILES string of the molecule is C[C@]12CC[C@H]3[C@@H](CCC4=C/C(=N\OCC(N)=O)CC[C@@H]43)[C@@H]1CC[C@@H]2O. The lowest BCUT2D eigenvalue weighted by molar-refractivity contribution is -0.122. The summed E-state index contributed by atoms with van der Waals surface area (Å²) >= 11 is 0. The molecular formula is C20H30N2O3. The van der Waals surface area contributed by atoms with Crippen molar-refractivity contribution >= 4 is 11.6 Å². The predicted octanol–water partition coefficient (Wildman–Crippen LogP) is 2.78. The minimum atomic E-state index is -0.491. The van der Waals surface area contributed by atoms with E-state index in [1.807, 2.05) is 0 Å². The third kappa shape index (κ3) is 2.90. The standard InChI is InChI=1S/C20H30N2O3/c1-20-9-8-15-14-5-3-13(22-25-11-19(21)24)10-12(14)2-4-16(15)17(20)6-7-18(20)23/h10,14-18,23H,2-9,11H2,1H3,(H2,21,24)/b22-13-/t14-,15+,16+,17-,18-,20-/m0/s1. The lowest BCUT2D eigenvalue weighted by Crippen LogP contribution is -2.47. The molecular weight excluding hydrogens is 316 g/mol. The molecule has 0 aromatic rings. The normalized spacial score (nSPS) is 44.5. The van der Waals surface area contributed by atoms with Crippen LogP contribution in [0.15, 0.2) is 16.8 Å². The van der Waals surface area contributed by atoms with E-state index in [2.05, 4.69) is 18.2 Å². The van der Waals surface area contributed by atoms with Crippen molar-refractivity contribution in [1.29, 1.82) is 0 Å². The molecule has 0 unspecified atom stereocenters. The number of oxime groups is 1. The molecule has 4 aliphatic carbocycles. The molecule has 25 heavy (non-hydrogen) atoms. The van der Waals surface area contributed by atoms with E-state index < -0.39 is 5.91 Å². The van der Waals surface area contributed by atoms with Crippen molar-refractivity contribution in [1.82, 2.24) is 0 Å². The molecule has 5 nitrogen and oxygen atoms in total. The number of nitrogens with two attached hydrogens (primary N) is 1. The molecule has 0 aromatic heterocycles. The van der Waals surface area contributed by atoms with E-state index >= 15 is 0 Å². The summed E-state index contributed by atoms with van der Waals surface area (Å²) in [5.74, 6) is 2.45. The van der Waals surface area contributed by atoms with Gasteiger partial charge in [-0.3, -0.25) is 4.79 Å². The molecule has 138 valence electrons. The summed E-state index contributed by atoms with van der Waals surface area (Å²) in [6.07, 6.45) is 11.2. The average Bonchev–Trinajstić information content (AvgIpc) is 2.89. The third-order valence-corrected chi connectivity index (χ3v) is 7.65. The van der Waals surface area contributed by atoms with Crippen LogP contribution in [-0.2, 0) is 9.63 Å². The molecule has 0 aliphatic heterocycles. The van der Waals surface area contributed by atoms with E-state index in [1.54, 1.807) is 0 Å². The molecule has 4 aliphatic rings. The van der Waals surface area contributed by atoms with Crippen molar-refractivity contribution in [2.24, 2.45) is 40.0 Å². The number of aliphatic hydroxyl groups excluding tert-OH is 1. The lowest BCUT2D eigenvalue weighted by atomic mass is 9.52. The summed E-state index contributed by atoms with van der Waals surface area (Å²) in [6.45, 7) is 2.18. The van der Waals surface area contributed by atoms with Crippen molar-refractivity contribution in [2.45, 2.75) is 64.4 Å². The number of nitrogens with zero attached hydrogens (tertiary/aromatic N) is 1. The summed E-state index contributed by atoms with van der Waals surface area (Å²) in [5, 5.41) is 14.6. The van der Waals surface area contributed by atoms with Crippen LogP contribution >= 0.6 is 0 Å². The first kappa shape index (κ1) is 17.1. The van der Waals surface area contributed by atoms with E-state index in [4.69, 9.17) is 10.6 Å². The first-order valence-electron chi connectivity index (χ1n) is 9.84. The fraction of sp³-hybridized carbons (Fsp3) is 0.800. The second-order valence-electron chi connectivity index (χ2n) is 8.80. The zero-order valence-corrected chi connectivity index (χ0v) is 15.1. The number of hydrogen-bond acceptors (Lipinski definition) is 4. The van der Waals surface area contributed by atoms with Crippen LogP contribution in [0.1, 0.15) is 58.3 Å². The molecule has 5 heteroatoms. The number of fused-ring (bicyclic) bond motifs is 5. The molecule has 0 heterocycles. The van der Waals surface area contributed by atoms with Gasteiger partial charge in [0, 0.05) is 0 Å². The molecule has 3 N–H and O–H groups in total. The minimum Gasteiger partial charge on any atom is -0.393 e. The van der Waals surface area contributed by atoms with Crippen molar-refractivity contribution < 1.29 is 14.7 Å². The van der Waals surface area contributed by atoms with Crippen LogP contribution in [0.25, 0.3) is 0 Å². The van der Waals surface area contributed by atoms with Gasteiger partial charge < -0.3 is 15.7 Å². The zero-order chi connectivity index (χ0) is 17.6. The number of hydrogen-bond donors (Lipinski definition) is 2. The minimum absolute atomic E-state index is 0.0946. The van der Waals surface area contributed by atoms with Crippen LogP contribution in [0.2, 0.25) is 0 Å². The van der Waals surface area contributed by atoms with Crippen LogP contribution in [0.4, 0.5) is 0 Å². The van der Waals surface area contributed by atoms with Gasteiger partial charge in [-0.2, -0.15) is 0 Å². The zero-order valence-electron chi connectivity index (χ0n) is 15.1. The first-order chi connectivity index (χ1) is 12.0. The quantitative estimate of drug-likeness (QED) is 0.771. The first-order valence-corrected chi connectivity index (χ1v) is 9.84. The molecule has 4 rings (SSSR count). The van der Waals surface area contributed by atoms with Gasteiger partial charge in [0.15, 0.2) is 6.61 Å². The van der Waals surface area contributed by atoms with Gasteiger partial charge in [0.2, 0.25) is 0 Å². The van der Waals surface area contributed by atoms with Crippen molar-refractivity contribution in [3.63, 3.8) is 0 Å². The van der Waals surface area contributed by atoms with Gasteiger partial charge in [-0.05, 0) is 86.5 Å². The number of carbonyl (C=O) groups is 1. The van der Waals surface area contributed by atoms with Gasteiger partial charge in [-0.15, -0.1) is 0 Å². The Balaban J connectivity index is 1.48. The fourth-order valence-electron chi connectivity index (χ4n) is 6.42. The van der Waals surface area contributed by atoms with Gasteiger partial charge in [0.05, 0.1) is 11.8 Å². The molecule has 3 saturated carbocycles. The highest BCUT2D eigenvalue weighted by Crippen LogP contribution is 2.61. The van der Waals surface area contributed by atoms with E-state index in [-0.39, 0.29) is 18.1 Å². The highest BCUT2D eigenvalue weighted by molar-refractivity contribution is 5.96. The number of amides is 1. The smallest absolute Gasteiger partial charge is 0.258 e. The van der Waals surface area contributed by atoms with Crippen molar-refractivity contribution in [2.75, 3.05) is 6.61 Å². The monoisotopic (exact) mass is 346 g/mol. The number of carbonyl (C=O) groups excluding carboxylic acids is 1. The molecule has 0 saturated heterocycles. The maximum atomic E-state index is 10.8. The number of aliphatic hydroxyl groups is 1. The fourth-order valence-corrected chi connectivity index (χ4v) is 6.42. The molecule has 1 amide bonds.